The fourth-order valence-electron chi connectivity index (χ4n) is 11.6. The van der Waals surface area contributed by atoms with Crippen molar-refractivity contribution in [3.8, 4) is 0 Å². The number of carboxylic acids is 1. The van der Waals surface area contributed by atoms with Gasteiger partial charge in [-0.05, 0) is 125 Å². The zero-order chi connectivity index (χ0) is 37.0. The van der Waals surface area contributed by atoms with E-state index in [-0.39, 0.29) is 29.3 Å². The maximum absolute atomic E-state index is 13.5. The van der Waals surface area contributed by atoms with E-state index in [9.17, 15) is 24.2 Å². The summed E-state index contributed by atoms with van der Waals surface area (Å²) in [6.07, 6.45) is 28.0. The molecule has 11 atom stereocenters. The van der Waals surface area contributed by atoms with Gasteiger partial charge in [0, 0.05) is 12.1 Å². The smallest absolute Gasteiger partial charge is 0.307 e. The molecule has 0 aromatic rings. The molecule has 0 aliphatic heterocycles. The molecule has 0 bridgehead atoms. The molecule has 0 aromatic carbocycles. The van der Waals surface area contributed by atoms with Crippen LogP contribution < -0.4 is 10.8 Å². The highest BCUT2D eigenvalue weighted by Crippen LogP contribution is 2.42. The van der Waals surface area contributed by atoms with Crippen LogP contribution in [0.25, 0.3) is 0 Å². The Kier molecular flexibility index (Phi) is 16.8. The zero-order valence-corrected chi connectivity index (χ0v) is 33.3. The Morgan fingerprint density at radius 2 is 1.26 bits per heavy atom. The minimum atomic E-state index is -1.46. The molecular formula is C42H72N2O8S. The number of carbonyl (C=O) groups excluding carboxylic acids is 1. The Bertz CT molecular complexity index is 1150. The van der Waals surface area contributed by atoms with Crippen molar-refractivity contribution in [1.29, 1.82) is 0 Å². The molecule has 11 heteroatoms. The number of aliphatic carboxylic acids is 1. The van der Waals surface area contributed by atoms with Crippen molar-refractivity contribution in [2.45, 2.75) is 190 Å². The Labute approximate surface area is 321 Å². The average Bonchev–Trinajstić information content (AvgIpc) is 3.17. The van der Waals surface area contributed by atoms with E-state index in [1.165, 1.54) is 77.0 Å². The maximum Gasteiger partial charge on any atom is 0.307 e. The molecule has 6 saturated carbocycles. The van der Waals surface area contributed by atoms with Crippen LogP contribution in [0.15, 0.2) is 0 Å². The monoisotopic (exact) mass is 765 g/mol. The minimum absolute atomic E-state index is 0.0974. The molecule has 1 amide bonds. The molecule has 0 radical (unpaired) electrons. The number of nitrogens with one attached hydrogen (secondary N) is 2. The summed E-state index contributed by atoms with van der Waals surface area (Å²) in [6.45, 7) is 0.971. The summed E-state index contributed by atoms with van der Waals surface area (Å²) in [6, 6.07) is 0.0408. The molecule has 0 saturated heterocycles. The molecule has 10 nitrogen and oxygen atoms in total. The van der Waals surface area contributed by atoms with Crippen molar-refractivity contribution in [2.75, 3.05) is 13.2 Å². The first-order chi connectivity index (χ1) is 25.8. The van der Waals surface area contributed by atoms with E-state index >= 15 is 0 Å². The molecule has 6 fully saturated rings. The summed E-state index contributed by atoms with van der Waals surface area (Å²) in [5.41, 5.74) is 3.31. The Hall–Kier alpha value is -1.11. The van der Waals surface area contributed by atoms with E-state index in [0.29, 0.717) is 50.2 Å². The van der Waals surface area contributed by atoms with Crippen LogP contribution in [0.1, 0.15) is 167 Å². The number of carbonyl (C=O) groups is 2. The van der Waals surface area contributed by atoms with Gasteiger partial charge in [0.05, 0.1) is 36.4 Å². The lowest BCUT2D eigenvalue weighted by Crippen LogP contribution is -2.47. The first-order valence-corrected chi connectivity index (χ1v) is 23.2. The first-order valence-electron chi connectivity index (χ1n) is 22.1. The minimum Gasteiger partial charge on any atom is -0.481 e. The number of amides is 1. The molecule has 304 valence electrons. The van der Waals surface area contributed by atoms with Crippen LogP contribution >= 0.6 is 0 Å². The van der Waals surface area contributed by atoms with Gasteiger partial charge in [0.1, 0.15) is 0 Å². The molecule has 6 rings (SSSR count). The van der Waals surface area contributed by atoms with Crippen LogP contribution in [0.3, 0.4) is 0 Å². The van der Waals surface area contributed by atoms with Gasteiger partial charge in [-0.3, -0.25) is 19.0 Å². The molecule has 4 N–H and O–H groups in total. The third kappa shape index (κ3) is 12.7. The number of carboxylic acid groups (broad SMARTS) is 1. The van der Waals surface area contributed by atoms with Gasteiger partial charge in [-0.25, -0.2) is 9.10 Å². The number of rotatable bonds is 16. The van der Waals surface area contributed by atoms with Gasteiger partial charge in [-0.1, -0.05) is 77.0 Å². The second-order valence-corrected chi connectivity index (χ2v) is 19.9. The summed E-state index contributed by atoms with van der Waals surface area (Å²) in [4.78, 5) is 36.6. The highest BCUT2D eigenvalue weighted by atomic mass is 32.2. The lowest BCUT2D eigenvalue weighted by molar-refractivity contribution is -0.258. The molecule has 11 unspecified atom stereocenters. The van der Waals surface area contributed by atoms with Crippen molar-refractivity contribution in [1.82, 2.24) is 10.8 Å². The first kappa shape index (κ1) is 41.5. The fourth-order valence-corrected chi connectivity index (χ4v) is 12.9. The molecule has 0 aromatic heterocycles. The van der Waals surface area contributed by atoms with Crippen molar-refractivity contribution in [3.63, 3.8) is 0 Å². The second-order valence-electron chi connectivity index (χ2n) is 18.5. The van der Waals surface area contributed by atoms with E-state index < -0.39 is 28.9 Å². The summed E-state index contributed by atoms with van der Waals surface area (Å²) in [5, 5.41) is 22.5. The lowest BCUT2D eigenvalue weighted by Gasteiger charge is -2.38. The zero-order valence-electron chi connectivity index (χ0n) is 32.5. The van der Waals surface area contributed by atoms with Gasteiger partial charge in [0.25, 0.3) is 0 Å². The lowest BCUT2D eigenvalue weighted by atomic mass is 9.69. The number of hydrogen-bond donors (Lipinski definition) is 4. The van der Waals surface area contributed by atoms with Crippen LogP contribution in [0.2, 0.25) is 0 Å². The van der Waals surface area contributed by atoms with Gasteiger partial charge in [-0.2, -0.15) is 5.48 Å². The predicted molar refractivity (Wildman–Crippen MR) is 206 cm³/mol. The van der Waals surface area contributed by atoms with Gasteiger partial charge in [-0.15, -0.1) is 0 Å². The fraction of sp³-hybridized carbons (Fsp3) is 0.952. The molecule has 6 aliphatic rings. The van der Waals surface area contributed by atoms with E-state index in [1.54, 1.807) is 0 Å². The Morgan fingerprint density at radius 1 is 0.604 bits per heavy atom. The predicted octanol–water partition coefficient (Wildman–Crippen LogP) is 8.51. The van der Waals surface area contributed by atoms with E-state index in [4.69, 9.17) is 9.02 Å². The van der Waals surface area contributed by atoms with Crippen LogP contribution in [0, 0.1) is 47.3 Å². The topological polar surface area (TPSA) is 143 Å². The van der Waals surface area contributed by atoms with Crippen molar-refractivity contribution < 1.29 is 38.1 Å². The van der Waals surface area contributed by atoms with E-state index in [0.717, 1.165) is 88.4 Å². The average molecular weight is 765 g/mol. The quantitative estimate of drug-likeness (QED) is 0.0899. The molecular weight excluding hydrogens is 693 g/mol. The Morgan fingerprint density at radius 3 is 1.96 bits per heavy atom. The van der Waals surface area contributed by atoms with Crippen LogP contribution in [0.5, 0.6) is 0 Å². The van der Waals surface area contributed by atoms with Crippen molar-refractivity contribution in [2.24, 2.45) is 47.3 Å². The Balaban J connectivity index is 0.898. The molecule has 0 spiro atoms. The van der Waals surface area contributed by atoms with Crippen molar-refractivity contribution in [3.05, 3.63) is 0 Å². The maximum atomic E-state index is 13.5. The SMILES string of the molecule is O=C(O)C1CC(CC2CCCCC2)CCC1C(=O)NC1CCCC(S(=O)OC2CCCC(NOCC3CCC(CC4CCCCC4)CC3COO)C2)C1. The van der Waals surface area contributed by atoms with E-state index in [1.807, 2.05) is 0 Å². The normalized spacial score (nSPS) is 37.2. The molecule has 0 heterocycles. The van der Waals surface area contributed by atoms with E-state index in [2.05, 4.69) is 15.7 Å². The third-order valence-electron chi connectivity index (χ3n) is 14.6. The highest BCUT2D eigenvalue weighted by Gasteiger charge is 2.41. The van der Waals surface area contributed by atoms with Gasteiger partial charge in [0.15, 0.2) is 11.1 Å². The molecule has 6 aliphatic carbocycles. The van der Waals surface area contributed by atoms with Gasteiger partial charge < -0.3 is 15.3 Å². The highest BCUT2D eigenvalue weighted by molar-refractivity contribution is 7.80. The van der Waals surface area contributed by atoms with Crippen LogP contribution in [-0.4, -0.2) is 63.1 Å². The standard InChI is InChI=1S/C42H72N2O8S/c45-41(39-20-18-32(24-40(39)42(46)47)22-30-11-5-2-6-12-30)43-35-13-8-16-38(26-35)53(49)52-37-15-7-14-36(25-37)44-50-27-33-19-17-31(23-34(33)28-51-48)21-29-9-3-1-4-10-29/h29-40,44,48H,1-28H2,(H,43,45)(H,46,47). The summed E-state index contributed by atoms with van der Waals surface area (Å²) >= 11 is -1.46. The second kappa shape index (κ2) is 21.4. The number of hydroxylamine groups is 1. The summed E-state index contributed by atoms with van der Waals surface area (Å²) < 4.78 is 19.7. The summed E-state index contributed by atoms with van der Waals surface area (Å²) in [7, 11) is 0. The van der Waals surface area contributed by atoms with Gasteiger partial charge >= 0.3 is 5.97 Å². The van der Waals surface area contributed by atoms with Crippen molar-refractivity contribution >= 4 is 23.0 Å². The third-order valence-corrected chi connectivity index (χ3v) is 16.0. The number of hydrogen-bond acceptors (Lipinski definition) is 8. The molecule has 53 heavy (non-hydrogen) atoms. The van der Waals surface area contributed by atoms with Crippen LogP contribution in [0.4, 0.5) is 0 Å². The summed E-state index contributed by atoms with van der Waals surface area (Å²) in [5.74, 6) is 1.31. The van der Waals surface area contributed by atoms with Gasteiger partial charge in [0.2, 0.25) is 5.91 Å². The van der Waals surface area contributed by atoms with Crippen LogP contribution in [-0.2, 0) is 34.6 Å². The largest absolute Gasteiger partial charge is 0.481 e.